The number of nitro groups is 1. The van der Waals surface area contributed by atoms with E-state index in [1.807, 2.05) is 4.90 Å². The zero-order valence-electron chi connectivity index (χ0n) is 18.0. The van der Waals surface area contributed by atoms with Crippen LogP contribution in [-0.2, 0) is 4.79 Å². The molecule has 0 aliphatic carbocycles. The lowest BCUT2D eigenvalue weighted by atomic mass is 9.92. The molecule has 9 nitrogen and oxygen atoms in total. The van der Waals surface area contributed by atoms with Gasteiger partial charge in [0.1, 0.15) is 11.2 Å². The van der Waals surface area contributed by atoms with E-state index in [1.54, 1.807) is 23.1 Å². The van der Waals surface area contributed by atoms with Crippen molar-refractivity contribution in [3.05, 3.63) is 40.1 Å². The van der Waals surface area contributed by atoms with Crippen molar-refractivity contribution in [2.45, 2.75) is 20.3 Å². The van der Waals surface area contributed by atoms with Crippen LogP contribution in [0, 0.1) is 22.0 Å². The van der Waals surface area contributed by atoms with Gasteiger partial charge in [0.15, 0.2) is 0 Å². The van der Waals surface area contributed by atoms with Crippen molar-refractivity contribution >= 4 is 28.4 Å². The lowest BCUT2D eigenvalue weighted by Crippen LogP contribution is -2.53. The van der Waals surface area contributed by atoms with Gasteiger partial charge in [-0.25, -0.2) is 0 Å². The number of carbonyl (C=O) groups excluding carboxylic acids is 2. The molecule has 2 fully saturated rings. The number of amides is 2. The third kappa shape index (κ3) is 4.56. The number of aromatic amines is 1. The van der Waals surface area contributed by atoms with Crippen molar-refractivity contribution in [2.24, 2.45) is 11.8 Å². The van der Waals surface area contributed by atoms with E-state index in [4.69, 9.17) is 0 Å². The van der Waals surface area contributed by atoms with Crippen LogP contribution in [0.1, 0.15) is 30.8 Å². The Morgan fingerprint density at radius 1 is 1.10 bits per heavy atom. The van der Waals surface area contributed by atoms with Gasteiger partial charge in [0.05, 0.1) is 11.5 Å². The molecule has 3 heterocycles. The van der Waals surface area contributed by atoms with Gasteiger partial charge in [-0.15, -0.1) is 0 Å². The number of aromatic nitrogens is 1. The number of H-pyrrole nitrogens is 1. The lowest BCUT2D eigenvalue weighted by Gasteiger charge is -2.38. The molecule has 2 aliphatic rings. The predicted molar refractivity (Wildman–Crippen MR) is 117 cm³/mol. The molecule has 1 aromatic carbocycles. The van der Waals surface area contributed by atoms with E-state index in [1.165, 1.54) is 12.5 Å². The van der Waals surface area contributed by atoms with E-state index in [9.17, 15) is 19.7 Å². The summed E-state index contributed by atoms with van der Waals surface area (Å²) in [6, 6.07) is 6.45. The van der Waals surface area contributed by atoms with Gasteiger partial charge in [-0.2, -0.15) is 0 Å². The van der Waals surface area contributed by atoms with Gasteiger partial charge in [-0.3, -0.25) is 24.6 Å². The highest BCUT2D eigenvalue weighted by atomic mass is 16.6. The maximum absolute atomic E-state index is 12.9. The molecule has 0 saturated carbocycles. The molecule has 2 unspecified atom stereocenters. The number of piperazine rings is 1. The van der Waals surface area contributed by atoms with E-state index in [2.05, 4.69) is 23.7 Å². The molecule has 9 heteroatoms. The standard InChI is InChI=1S/C22H29N5O4/c1-15-10-16(2)13-26(12-15)20(28)14-24-6-8-25(9-7-24)22(29)18-11-17-4-3-5-19(27(30)31)21(17)23-18/h3-5,11,15-16,23H,6-10,12-14H2,1-2H3. The van der Waals surface area contributed by atoms with E-state index >= 15 is 0 Å². The van der Waals surface area contributed by atoms with Crippen LogP contribution in [0.2, 0.25) is 0 Å². The van der Waals surface area contributed by atoms with Crippen LogP contribution in [0.15, 0.2) is 24.3 Å². The largest absolute Gasteiger partial charge is 0.345 e. The number of likely N-dealkylation sites (tertiary alicyclic amines) is 1. The number of nitro benzene ring substituents is 1. The fourth-order valence-corrected chi connectivity index (χ4v) is 4.84. The quantitative estimate of drug-likeness (QED) is 0.596. The van der Waals surface area contributed by atoms with E-state index in [0.717, 1.165) is 13.1 Å². The Balaban J connectivity index is 1.35. The number of nitrogens with one attached hydrogen (secondary N) is 1. The molecule has 2 saturated heterocycles. The Morgan fingerprint density at radius 3 is 2.42 bits per heavy atom. The van der Waals surface area contributed by atoms with Gasteiger partial charge in [0.2, 0.25) is 5.91 Å². The summed E-state index contributed by atoms with van der Waals surface area (Å²) in [7, 11) is 0. The number of para-hydroxylation sites is 1. The molecule has 1 N–H and O–H groups in total. The van der Waals surface area contributed by atoms with Crippen molar-refractivity contribution in [1.29, 1.82) is 0 Å². The van der Waals surface area contributed by atoms with Gasteiger partial charge in [-0.05, 0) is 24.3 Å². The first-order valence-electron chi connectivity index (χ1n) is 10.9. The van der Waals surface area contributed by atoms with Crippen LogP contribution in [-0.4, -0.2) is 82.2 Å². The Bertz CT molecular complexity index is 985. The fourth-order valence-electron chi connectivity index (χ4n) is 4.84. The molecule has 2 aliphatic heterocycles. The minimum atomic E-state index is -0.452. The molecule has 0 radical (unpaired) electrons. The second kappa shape index (κ2) is 8.66. The number of carbonyl (C=O) groups is 2. The summed E-state index contributed by atoms with van der Waals surface area (Å²) < 4.78 is 0. The van der Waals surface area contributed by atoms with Gasteiger partial charge in [-0.1, -0.05) is 26.0 Å². The first kappa shape index (κ1) is 21.3. The van der Waals surface area contributed by atoms with Gasteiger partial charge in [0, 0.05) is 50.7 Å². The van der Waals surface area contributed by atoms with E-state index in [-0.39, 0.29) is 17.5 Å². The van der Waals surface area contributed by atoms with Crippen LogP contribution < -0.4 is 0 Å². The zero-order valence-corrected chi connectivity index (χ0v) is 18.0. The summed E-state index contributed by atoms with van der Waals surface area (Å²) in [5.41, 5.74) is 0.677. The highest BCUT2D eigenvalue weighted by Crippen LogP contribution is 2.26. The summed E-state index contributed by atoms with van der Waals surface area (Å²) in [5.74, 6) is 1.07. The van der Waals surface area contributed by atoms with Gasteiger partial charge < -0.3 is 14.8 Å². The van der Waals surface area contributed by atoms with Crippen LogP contribution in [0.4, 0.5) is 5.69 Å². The number of hydrogen-bond acceptors (Lipinski definition) is 5. The van der Waals surface area contributed by atoms with Crippen molar-refractivity contribution in [1.82, 2.24) is 19.7 Å². The molecule has 2 atom stereocenters. The van der Waals surface area contributed by atoms with Crippen molar-refractivity contribution in [3.63, 3.8) is 0 Å². The third-order valence-electron chi connectivity index (χ3n) is 6.30. The molecule has 2 amide bonds. The summed E-state index contributed by atoms with van der Waals surface area (Å²) in [6.45, 7) is 8.75. The number of piperidine rings is 1. The SMILES string of the molecule is CC1CC(C)CN(C(=O)CN2CCN(C(=O)c3cc4cccc([N+](=O)[O-])c4[nH]3)CC2)C1. The molecule has 31 heavy (non-hydrogen) atoms. The Hall–Kier alpha value is -2.94. The number of rotatable bonds is 4. The topological polar surface area (TPSA) is 103 Å². The normalized spacial score (nSPS) is 22.6. The minimum absolute atomic E-state index is 0.0405. The first-order valence-corrected chi connectivity index (χ1v) is 10.9. The molecule has 166 valence electrons. The van der Waals surface area contributed by atoms with Crippen LogP contribution >= 0.6 is 0 Å². The number of non-ortho nitro benzene ring substituents is 1. The van der Waals surface area contributed by atoms with Crippen molar-refractivity contribution in [2.75, 3.05) is 45.8 Å². The molecule has 2 aromatic rings. The number of fused-ring (bicyclic) bond motifs is 1. The number of benzene rings is 1. The highest BCUT2D eigenvalue weighted by molar-refractivity contribution is 6.00. The number of hydrogen-bond donors (Lipinski definition) is 1. The molecule has 4 rings (SSSR count). The average molecular weight is 428 g/mol. The van der Waals surface area contributed by atoms with Crippen molar-refractivity contribution in [3.8, 4) is 0 Å². The second-order valence-corrected chi connectivity index (χ2v) is 8.99. The molecular formula is C22H29N5O4. The van der Waals surface area contributed by atoms with Gasteiger partial charge in [0.25, 0.3) is 11.6 Å². The van der Waals surface area contributed by atoms with Gasteiger partial charge >= 0.3 is 0 Å². The molecule has 0 spiro atoms. The summed E-state index contributed by atoms with van der Waals surface area (Å²) in [6.07, 6.45) is 1.17. The Kier molecular flexibility index (Phi) is 5.95. The number of nitrogens with zero attached hydrogens (tertiary/aromatic N) is 4. The average Bonchev–Trinajstić information content (AvgIpc) is 3.17. The Labute approximate surface area is 181 Å². The van der Waals surface area contributed by atoms with Crippen molar-refractivity contribution < 1.29 is 14.5 Å². The maximum Gasteiger partial charge on any atom is 0.293 e. The highest BCUT2D eigenvalue weighted by Gasteiger charge is 2.29. The minimum Gasteiger partial charge on any atom is -0.345 e. The molecule has 0 bridgehead atoms. The van der Waals surface area contributed by atoms with Crippen LogP contribution in [0.3, 0.4) is 0 Å². The van der Waals surface area contributed by atoms with E-state index < -0.39 is 4.92 Å². The zero-order chi connectivity index (χ0) is 22.1. The monoisotopic (exact) mass is 427 g/mol. The summed E-state index contributed by atoms with van der Waals surface area (Å²) >= 11 is 0. The Morgan fingerprint density at radius 2 is 1.77 bits per heavy atom. The fraction of sp³-hybridized carbons (Fsp3) is 0.545. The third-order valence-corrected chi connectivity index (χ3v) is 6.30. The summed E-state index contributed by atoms with van der Waals surface area (Å²) in [4.78, 5) is 45.2. The summed E-state index contributed by atoms with van der Waals surface area (Å²) in [5, 5.41) is 11.9. The lowest BCUT2D eigenvalue weighted by molar-refractivity contribution is -0.383. The van der Waals surface area contributed by atoms with Crippen LogP contribution in [0.5, 0.6) is 0 Å². The molecular weight excluding hydrogens is 398 g/mol. The maximum atomic E-state index is 12.9. The predicted octanol–water partition coefficient (Wildman–Crippen LogP) is 2.34. The smallest absolute Gasteiger partial charge is 0.293 e. The first-order chi connectivity index (χ1) is 14.8. The van der Waals surface area contributed by atoms with E-state index in [0.29, 0.717) is 61.2 Å². The molecule has 1 aromatic heterocycles. The van der Waals surface area contributed by atoms with Crippen LogP contribution in [0.25, 0.3) is 10.9 Å². The second-order valence-electron chi connectivity index (χ2n) is 8.99.